The van der Waals surface area contributed by atoms with E-state index in [2.05, 4.69) is 19.2 Å². The summed E-state index contributed by atoms with van der Waals surface area (Å²) in [7, 11) is 0. The molecule has 1 aliphatic heterocycles. The highest BCUT2D eigenvalue weighted by Crippen LogP contribution is 2.19. The highest BCUT2D eigenvalue weighted by molar-refractivity contribution is 5.97. The average molecular weight is 268 g/mol. The first kappa shape index (κ1) is 16.2. The van der Waals surface area contributed by atoms with Gasteiger partial charge in [-0.1, -0.05) is 20.8 Å². The fourth-order valence-corrected chi connectivity index (χ4v) is 2.57. The Morgan fingerprint density at radius 3 is 2.42 bits per heavy atom. The number of piperidine rings is 1. The van der Waals surface area contributed by atoms with Crippen LogP contribution in [-0.2, 0) is 9.59 Å². The first-order valence-corrected chi connectivity index (χ1v) is 7.65. The van der Waals surface area contributed by atoms with Gasteiger partial charge in [-0.25, -0.2) is 0 Å². The monoisotopic (exact) mass is 268 g/mol. The maximum atomic E-state index is 11.8. The van der Waals surface area contributed by atoms with Crippen LogP contribution in [0.5, 0.6) is 0 Å². The summed E-state index contributed by atoms with van der Waals surface area (Å²) in [6.45, 7) is 7.93. The molecular formula is C15H28N2O2. The Labute approximate surface area is 116 Å². The van der Waals surface area contributed by atoms with E-state index in [0.717, 1.165) is 32.2 Å². The molecule has 1 atom stereocenters. The minimum atomic E-state index is 0.0123. The van der Waals surface area contributed by atoms with Crippen LogP contribution in [0.25, 0.3) is 0 Å². The lowest BCUT2D eigenvalue weighted by molar-refractivity contribution is -0.149. The fraction of sp³-hybridized carbons (Fsp3) is 0.867. The molecule has 0 radical (unpaired) electrons. The zero-order valence-electron chi connectivity index (χ0n) is 12.6. The van der Waals surface area contributed by atoms with Gasteiger partial charge in [0.2, 0.25) is 11.8 Å². The number of hydrogen-bond acceptors (Lipinski definition) is 3. The van der Waals surface area contributed by atoms with Gasteiger partial charge in [0.25, 0.3) is 0 Å². The van der Waals surface area contributed by atoms with E-state index >= 15 is 0 Å². The summed E-state index contributed by atoms with van der Waals surface area (Å²) in [6.07, 6.45) is 5.22. The van der Waals surface area contributed by atoms with Crippen LogP contribution in [0.1, 0.15) is 59.3 Å². The summed E-state index contributed by atoms with van der Waals surface area (Å²) in [4.78, 5) is 25.1. The molecule has 1 aliphatic rings. The molecule has 1 fully saturated rings. The van der Waals surface area contributed by atoms with Gasteiger partial charge in [0.1, 0.15) is 0 Å². The first-order chi connectivity index (χ1) is 9.08. The van der Waals surface area contributed by atoms with Gasteiger partial charge < -0.3 is 5.32 Å². The quantitative estimate of drug-likeness (QED) is 0.687. The summed E-state index contributed by atoms with van der Waals surface area (Å²) in [5, 5.41) is 3.50. The molecule has 19 heavy (non-hydrogen) atoms. The van der Waals surface area contributed by atoms with Crippen LogP contribution in [0.2, 0.25) is 0 Å². The third-order valence-electron chi connectivity index (χ3n) is 3.76. The molecule has 0 spiro atoms. The molecule has 1 saturated heterocycles. The summed E-state index contributed by atoms with van der Waals surface area (Å²) in [5.74, 6) is 0.238. The highest BCUT2D eigenvalue weighted by atomic mass is 16.2. The molecule has 0 saturated carbocycles. The van der Waals surface area contributed by atoms with E-state index in [1.807, 2.05) is 6.92 Å². The van der Waals surface area contributed by atoms with Crippen molar-refractivity contribution < 1.29 is 9.59 Å². The number of likely N-dealkylation sites (tertiary alicyclic amines) is 1. The standard InChI is InChI=1S/C15H28N2O2/c1-4-8-16-13(5-2)7-6-9-17-14(18)10-12(3)11-15(17)19/h12-13,16H,4-11H2,1-3H3. The van der Waals surface area contributed by atoms with Gasteiger partial charge in [-0.05, 0) is 38.1 Å². The molecule has 0 bridgehead atoms. The smallest absolute Gasteiger partial charge is 0.229 e. The van der Waals surface area contributed by atoms with E-state index in [1.165, 1.54) is 4.90 Å². The van der Waals surface area contributed by atoms with Gasteiger partial charge in [-0.3, -0.25) is 14.5 Å². The lowest BCUT2D eigenvalue weighted by atomic mass is 9.97. The molecule has 1 N–H and O–H groups in total. The fourth-order valence-electron chi connectivity index (χ4n) is 2.57. The molecular weight excluding hydrogens is 240 g/mol. The number of carbonyl (C=O) groups is 2. The second-order valence-electron chi connectivity index (χ2n) is 5.65. The van der Waals surface area contributed by atoms with E-state index < -0.39 is 0 Å². The van der Waals surface area contributed by atoms with Gasteiger partial charge in [0.05, 0.1) is 0 Å². The van der Waals surface area contributed by atoms with Crippen molar-refractivity contribution in [2.75, 3.05) is 13.1 Å². The van der Waals surface area contributed by atoms with Crippen LogP contribution in [0.3, 0.4) is 0 Å². The minimum absolute atomic E-state index is 0.0123. The van der Waals surface area contributed by atoms with Crippen LogP contribution in [0.15, 0.2) is 0 Å². The largest absolute Gasteiger partial charge is 0.314 e. The molecule has 1 unspecified atom stereocenters. The lowest BCUT2D eigenvalue weighted by Gasteiger charge is -2.28. The maximum Gasteiger partial charge on any atom is 0.229 e. The second-order valence-corrected chi connectivity index (χ2v) is 5.65. The molecule has 0 aromatic carbocycles. The Balaban J connectivity index is 2.31. The predicted octanol–water partition coefficient (Wildman–Crippen LogP) is 2.33. The molecule has 1 heterocycles. The normalized spacial score (nSPS) is 19.0. The van der Waals surface area contributed by atoms with Crippen molar-refractivity contribution in [1.82, 2.24) is 10.2 Å². The van der Waals surface area contributed by atoms with Crippen molar-refractivity contribution in [3.63, 3.8) is 0 Å². The first-order valence-electron chi connectivity index (χ1n) is 7.65. The van der Waals surface area contributed by atoms with Crippen molar-refractivity contribution >= 4 is 11.8 Å². The van der Waals surface area contributed by atoms with E-state index in [4.69, 9.17) is 0 Å². The molecule has 1 rings (SSSR count). The van der Waals surface area contributed by atoms with Crippen LogP contribution in [0.4, 0.5) is 0 Å². The SMILES string of the molecule is CCCNC(CC)CCCN1C(=O)CC(C)CC1=O. The lowest BCUT2D eigenvalue weighted by Crippen LogP contribution is -2.43. The van der Waals surface area contributed by atoms with E-state index in [-0.39, 0.29) is 17.7 Å². The molecule has 0 aromatic rings. The van der Waals surface area contributed by atoms with Crippen molar-refractivity contribution in [2.24, 2.45) is 5.92 Å². The maximum absolute atomic E-state index is 11.8. The van der Waals surface area contributed by atoms with E-state index in [9.17, 15) is 9.59 Å². The van der Waals surface area contributed by atoms with Crippen molar-refractivity contribution in [2.45, 2.75) is 65.3 Å². The minimum Gasteiger partial charge on any atom is -0.314 e. The van der Waals surface area contributed by atoms with Gasteiger partial charge in [-0.15, -0.1) is 0 Å². The summed E-state index contributed by atoms with van der Waals surface area (Å²) in [5.41, 5.74) is 0. The average Bonchev–Trinajstić information content (AvgIpc) is 2.36. The summed E-state index contributed by atoms with van der Waals surface area (Å²) in [6, 6.07) is 0.508. The number of imide groups is 1. The van der Waals surface area contributed by atoms with E-state index in [1.54, 1.807) is 0 Å². The molecule has 0 aromatic heterocycles. The molecule has 4 heteroatoms. The summed E-state index contributed by atoms with van der Waals surface area (Å²) < 4.78 is 0. The highest BCUT2D eigenvalue weighted by Gasteiger charge is 2.29. The number of nitrogens with zero attached hydrogens (tertiary/aromatic N) is 1. The number of hydrogen-bond donors (Lipinski definition) is 1. The number of carbonyl (C=O) groups excluding carboxylic acids is 2. The zero-order valence-corrected chi connectivity index (χ0v) is 12.6. The van der Waals surface area contributed by atoms with Crippen molar-refractivity contribution in [1.29, 1.82) is 0 Å². The molecule has 4 nitrogen and oxygen atoms in total. The van der Waals surface area contributed by atoms with Crippen LogP contribution in [-0.4, -0.2) is 35.8 Å². The van der Waals surface area contributed by atoms with Crippen molar-refractivity contribution in [3.8, 4) is 0 Å². The third kappa shape index (κ3) is 5.31. The summed E-state index contributed by atoms with van der Waals surface area (Å²) >= 11 is 0. The number of nitrogens with one attached hydrogen (secondary N) is 1. The molecule has 110 valence electrons. The van der Waals surface area contributed by atoms with Crippen LogP contribution < -0.4 is 5.32 Å². The topological polar surface area (TPSA) is 49.4 Å². The van der Waals surface area contributed by atoms with Gasteiger partial charge in [0.15, 0.2) is 0 Å². The third-order valence-corrected chi connectivity index (χ3v) is 3.76. The Kier molecular flexibility index (Phi) is 7.06. The molecule has 0 aliphatic carbocycles. The Bertz CT molecular complexity index is 287. The van der Waals surface area contributed by atoms with Gasteiger partial charge in [-0.2, -0.15) is 0 Å². The Morgan fingerprint density at radius 1 is 1.26 bits per heavy atom. The van der Waals surface area contributed by atoms with Gasteiger partial charge >= 0.3 is 0 Å². The van der Waals surface area contributed by atoms with E-state index in [0.29, 0.717) is 25.4 Å². The number of rotatable bonds is 8. The van der Waals surface area contributed by atoms with Crippen LogP contribution >= 0.6 is 0 Å². The molecule has 2 amide bonds. The van der Waals surface area contributed by atoms with Gasteiger partial charge in [0, 0.05) is 25.4 Å². The predicted molar refractivity (Wildman–Crippen MR) is 76.7 cm³/mol. The second kappa shape index (κ2) is 8.31. The number of amides is 2. The Hall–Kier alpha value is -0.900. The van der Waals surface area contributed by atoms with Crippen LogP contribution in [0, 0.1) is 5.92 Å². The zero-order chi connectivity index (χ0) is 14.3. The van der Waals surface area contributed by atoms with Crippen molar-refractivity contribution in [3.05, 3.63) is 0 Å². The Morgan fingerprint density at radius 2 is 1.89 bits per heavy atom.